The molecular formula is C13H23N3. The van der Waals surface area contributed by atoms with Gasteiger partial charge in [0.05, 0.1) is 0 Å². The molecule has 0 amide bonds. The molecule has 0 saturated carbocycles. The molecule has 1 rings (SSSR count). The highest BCUT2D eigenvalue weighted by Crippen LogP contribution is 2.20. The molecule has 0 atom stereocenters. The van der Waals surface area contributed by atoms with Gasteiger partial charge in [0, 0.05) is 25.8 Å². The number of nitrogens with zero attached hydrogens (tertiary/aromatic N) is 2. The average Bonchev–Trinajstić information content (AvgIpc) is 2.14. The molecule has 1 heterocycles. The predicted octanol–water partition coefficient (Wildman–Crippen LogP) is 2.33. The van der Waals surface area contributed by atoms with Crippen molar-refractivity contribution in [2.24, 2.45) is 11.1 Å². The minimum atomic E-state index is 0.267. The monoisotopic (exact) mass is 221 g/mol. The zero-order valence-electron chi connectivity index (χ0n) is 11.0. The molecule has 0 aliphatic carbocycles. The van der Waals surface area contributed by atoms with Crippen LogP contribution in [0.15, 0.2) is 12.1 Å². The minimum Gasteiger partial charge on any atom is -0.359 e. The molecule has 0 bridgehead atoms. The highest BCUT2D eigenvalue weighted by atomic mass is 15.2. The number of hydrogen-bond acceptors (Lipinski definition) is 3. The Morgan fingerprint density at radius 1 is 1.31 bits per heavy atom. The molecule has 16 heavy (non-hydrogen) atoms. The van der Waals surface area contributed by atoms with Crippen LogP contribution in [0.4, 0.5) is 5.82 Å². The third-order valence-electron chi connectivity index (χ3n) is 2.34. The summed E-state index contributed by atoms with van der Waals surface area (Å²) in [5.74, 6) is 1.01. The van der Waals surface area contributed by atoms with Crippen molar-refractivity contribution >= 4 is 5.82 Å². The Balaban J connectivity index is 2.90. The number of aromatic nitrogens is 1. The molecule has 0 fully saturated rings. The maximum Gasteiger partial charge on any atom is 0.128 e. The first-order valence-corrected chi connectivity index (χ1v) is 5.70. The summed E-state index contributed by atoms with van der Waals surface area (Å²) < 4.78 is 0. The van der Waals surface area contributed by atoms with Crippen LogP contribution in [-0.2, 0) is 6.54 Å². The third kappa shape index (κ3) is 3.81. The maximum absolute atomic E-state index is 5.67. The molecule has 1 aromatic rings. The lowest BCUT2D eigenvalue weighted by molar-refractivity contribution is 0.417. The summed E-state index contributed by atoms with van der Waals surface area (Å²) in [6.07, 6.45) is 0. The van der Waals surface area contributed by atoms with Crippen molar-refractivity contribution in [3.8, 4) is 0 Å². The quantitative estimate of drug-likeness (QED) is 0.851. The molecule has 0 saturated heterocycles. The zero-order chi connectivity index (χ0) is 12.3. The van der Waals surface area contributed by atoms with E-state index in [1.807, 2.05) is 13.0 Å². The normalized spacial score (nSPS) is 11.6. The van der Waals surface area contributed by atoms with E-state index < -0.39 is 0 Å². The van der Waals surface area contributed by atoms with Gasteiger partial charge in [0.15, 0.2) is 0 Å². The topological polar surface area (TPSA) is 42.1 Å². The molecule has 0 aliphatic heterocycles. The van der Waals surface area contributed by atoms with Crippen molar-refractivity contribution < 1.29 is 0 Å². The summed E-state index contributed by atoms with van der Waals surface area (Å²) >= 11 is 0. The first-order chi connectivity index (χ1) is 7.31. The molecule has 0 aromatic carbocycles. The van der Waals surface area contributed by atoms with E-state index in [-0.39, 0.29) is 5.41 Å². The Bertz CT molecular complexity index is 353. The summed E-state index contributed by atoms with van der Waals surface area (Å²) in [7, 11) is 2.08. The van der Waals surface area contributed by atoms with Crippen molar-refractivity contribution in [2.45, 2.75) is 34.2 Å². The van der Waals surface area contributed by atoms with Crippen LogP contribution >= 0.6 is 0 Å². The van der Waals surface area contributed by atoms with Gasteiger partial charge in [-0.05, 0) is 30.0 Å². The van der Waals surface area contributed by atoms with Crippen molar-refractivity contribution in [3.05, 3.63) is 23.4 Å². The van der Waals surface area contributed by atoms with Gasteiger partial charge in [-0.25, -0.2) is 4.98 Å². The van der Waals surface area contributed by atoms with Gasteiger partial charge < -0.3 is 10.6 Å². The molecule has 0 radical (unpaired) electrons. The van der Waals surface area contributed by atoms with E-state index in [9.17, 15) is 0 Å². The highest BCUT2D eigenvalue weighted by Gasteiger charge is 2.15. The van der Waals surface area contributed by atoms with Gasteiger partial charge in [-0.1, -0.05) is 20.8 Å². The lowest BCUT2D eigenvalue weighted by Crippen LogP contribution is -2.30. The minimum absolute atomic E-state index is 0.267. The van der Waals surface area contributed by atoms with E-state index in [1.54, 1.807) is 0 Å². The fourth-order valence-corrected chi connectivity index (χ4v) is 1.83. The smallest absolute Gasteiger partial charge is 0.128 e. The Hall–Kier alpha value is -1.09. The molecule has 3 heteroatoms. The van der Waals surface area contributed by atoms with E-state index in [0.29, 0.717) is 6.54 Å². The van der Waals surface area contributed by atoms with Crippen LogP contribution in [0.5, 0.6) is 0 Å². The summed E-state index contributed by atoms with van der Waals surface area (Å²) in [5.41, 5.74) is 8.10. The molecule has 0 spiro atoms. The second-order valence-corrected chi connectivity index (χ2v) is 5.60. The van der Waals surface area contributed by atoms with E-state index in [1.165, 1.54) is 0 Å². The number of aryl methyl sites for hydroxylation is 1. The zero-order valence-corrected chi connectivity index (χ0v) is 11.0. The second-order valence-electron chi connectivity index (χ2n) is 5.60. The SMILES string of the molecule is Cc1cc(CN)cc(N(C)CC(C)(C)C)n1. The van der Waals surface area contributed by atoms with E-state index in [2.05, 4.69) is 43.8 Å². The van der Waals surface area contributed by atoms with Crippen LogP contribution in [0.1, 0.15) is 32.0 Å². The standard InChI is InChI=1S/C13H23N3/c1-10-6-11(8-14)7-12(15-10)16(5)9-13(2,3)4/h6-7H,8-9,14H2,1-5H3. The number of rotatable bonds is 3. The van der Waals surface area contributed by atoms with Gasteiger partial charge in [-0.3, -0.25) is 0 Å². The third-order valence-corrected chi connectivity index (χ3v) is 2.34. The van der Waals surface area contributed by atoms with Gasteiger partial charge in [0.1, 0.15) is 5.82 Å². The lowest BCUT2D eigenvalue weighted by atomic mass is 9.96. The Kier molecular flexibility index (Phi) is 3.92. The fraction of sp³-hybridized carbons (Fsp3) is 0.615. The number of nitrogens with two attached hydrogens (primary N) is 1. The van der Waals surface area contributed by atoms with Crippen LogP contribution in [0.2, 0.25) is 0 Å². The Morgan fingerprint density at radius 3 is 2.44 bits per heavy atom. The fourth-order valence-electron chi connectivity index (χ4n) is 1.83. The number of anilines is 1. The summed E-state index contributed by atoms with van der Waals surface area (Å²) in [6, 6.07) is 4.10. The number of pyridine rings is 1. The van der Waals surface area contributed by atoms with E-state index >= 15 is 0 Å². The molecule has 0 unspecified atom stereocenters. The summed E-state index contributed by atoms with van der Waals surface area (Å²) in [6.45, 7) is 10.2. The van der Waals surface area contributed by atoms with Gasteiger partial charge in [0.25, 0.3) is 0 Å². The van der Waals surface area contributed by atoms with Crippen LogP contribution < -0.4 is 10.6 Å². The van der Waals surface area contributed by atoms with Gasteiger partial charge >= 0.3 is 0 Å². The van der Waals surface area contributed by atoms with Gasteiger partial charge in [0.2, 0.25) is 0 Å². The number of hydrogen-bond donors (Lipinski definition) is 1. The molecule has 90 valence electrons. The second kappa shape index (κ2) is 4.83. The van der Waals surface area contributed by atoms with E-state index in [4.69, 9.17) is 5.73 Å². The van der Waals surface area contributed by atoms with Crippen LogP contribution in [0.3, 0.4) is 0 Å². The van der Waals surface area contributed by atoms with E-state index in [0.717, 1.165) is 23.6 Å². The first kappa shape index (κ1) is 13.0. The summed E-state index contributed by atoms with van der Waals surface area (Å²) in [4.78, 5) is 6.72. The molecule has 2 N–H and O–H groups in total. The van der Waals surface area contributed by atoms with Crippen molar-refractivity contribution in [3.63, 3.8) is 0 Å². The Labute approximate surface area is 98.7 Å². The molecule has 3 nitrogen and oxygen atoms in total. The van der Waals surface area contributed by atoms with Gasteiger partial charge in [-0.2, -0.15) is 0 Å². The Morgan fingerprint density at radius 2 is 1.94 bits per heavy atom. The van der Waals surface area contributed by atoms with Crippen LogP contribution in [-0.4, -0.2) is 18.6 Å². The predicted molar refractivity (Wildman–Crippen MR) is 69.6 cm³/mol. The molecular weight excluding hydrogens is 198 g/mol. The average molecular weight is 221 g/mol. The van der Waals surface area contributed by atoms with Crippen LogP contribution in [0.25, 0.3) is 0 Å². The lowest BCUT2D eigenvalue weighted by Gasteiger charge is -2.27. The van der Waals surface area contributed by atoms with Crippen molar-refractivity contribution in [1.29, 1.82) is 0 Å². The first-order valence-electron chi connectivity index (χ1n) is 5.70. The summed E-state index contributed by atoms with van der Waals surface area (Å²) in [5, 5.41) is 0. The molecule has 1 aromatic heterocycles. The maximum atomic E-state index is 5.67. The van der Waals surface area contributed by atoms with Gasteiger partial charge in [-0.15, -0.1) is 0 Å². The molecule has 0 aliphatic rings. The highest BCUT2D eigenvalue weighted by molar-refractivity contribution is 5.42. The van der Waals surface area contributed by atoms with Crippen LogP contribution in [0, 0.1) is 12.3 Å². The van der Waals surface area contributed by atoms with Crippen molar-refractivity contribution in [1.82, 2.24) is 4.98 Å². The van der Waals surface area contributed by atoms with Crippen molar-refractivity contribution in [2.75, 3.05) is 18.5 Å². The largest absolute Gasteiger partial charge is 0.359 e.